The van der Waals surface area contributed by atoms with Crippen molar-refractivity contribution >= 4 is 5.97 Å². The van der Waals surface area contributed by atoms with Gasteiger partial charge < -0.3 is 9.84 Å². The SMILES string of the molecule is Cc1n[nH]c(C)c1CCCCOc1cc(C(=O)O)ccc1F. The van der Waals surface area contributed by atoms with Crippen molar-refractivity contribution in [2.45, 2.75) is 33.1 Å². The Labute approximate surface area is 128 Å². The van der Waals surface area contributed by atoms with Crippen molar-refractivity contribution < 1.29 is 19.0 Å². The number of rotatable bonds is 7. The smallest absolute Gasteiger partial charge is 0.335 e. The van der Waals surface area contributed by atoms with Crippen LogP contribution in [0, 0.1) is 19.7 Å². The van der Waals surface area contributed by atoms with E-state index in [1.165, 1.54) is 17.7 Å². The van der Waals surface area contributed by atoms with Gasteiger partial charge in [0.05, 0.1) is 17.9 Å². The fourth-order valence-electron chi connectivity index (χ4n) is 2.28. The zero-order chi connectivity index (χ0) is 16.1. The van der Waals surface area contributed by atoms with E-state index in [4.69, 9.17) is 9.84 Å². The number of carboxylic acids is 1. The van der Waals surface area contributed by atoms with Gasteiger partial charge in [-0.05, 0) is 56.9 Å². The first-order valence-corrected chi connectivity index (χ1v) is 7.15. The maximum absolute atomic E-state index is 13.5. The van der Waals surface area contributed by atoms with Crippen molar-refractivity contribution in [3.8, 4) is 5.75 Å². The van der Waals surface area contributed by atoms with E-state index in [0.29, 0.717) is 6.61 Å². The molecule has 0 radical (unpaired) electrons. The number of halogens is 1. The number of unbranched alkanes of at least 4 members (excludes halogenated alkanes) is 1. The van der Waals surface area contributed by atoms with Crippen LogP contribution < -0.4 is 4.74 Å². The van der Waals surface area contributed by atoms with E-state index in [2.05, 4.69) is 10.2 Å². The van der Waals surface area contributed by atoms with Crippen molar-refractivity contribution in [2.75, 3.05) is 6.61 Å². The minimum Gasteiger partial charge on any atom is -0.490 e. The topological polar surface area (TPSA) is 75.2 Å². The van der Waals surface area contributed by atoms with E-state index >= 15 is 0 Å². The first-order valence-electron chi connectivity index (χ1n) is 7.15. The third-order valence-electron chi connectivity index (χ3n) is 3.54. The molecule has 6 heteroatoms. The van der Waals surface area contributed by atoms with Crippen LogP contribution in [0.2, 0.25) is 0 Å². The van der Waals surface area contributed by atoms with E-state index in [-0.39, 0.29) is 11.3 Å². The van der Waals surface area contributed by atoms with Crippen molar-refractivity contribution in [3.05, 3.63) is 46.5 Å². The minimum absolute atomic E-state index is 0.0149. The molecule has 2 N–H and O–H groups in total. The summed E-state index contributed by atoms with van der Waals surface area (Å²) in [6.45, 7) is 4.29. The van der Waals surface area contributed by atoms with Crippen molar-refractivity contribution in [1.29, 1.82) is 0 Å². The molecule has 0 saturated heterocycles. The molecular weight excluding hydrogens is 287 g/mol. The lowest BCUT2D eigenvalue weighted by Gasteiger charge is -2.08. The second kappa shape index (κ2) is 7.06. The van der Waals surface area contributed by atoms with Crippen LogP contribution in [0.15, 0.2) is 18.2 Å². The summed E-state index contributed by atoms with van der Waals surface area (Å²) in [6, 6.07) is 3.54. The van der Waals surface area contributed by atoms with Crippen molar-refractivity contribution in [1.82, 2.24) is 10.2 Å². The Hall–Kier alpha value is -2.37. The average Bonchev–Trinajstić information content (AvgIpc) is 2.80. The Morgan fingerprint density at radius 1 is 1.36 bits per heavy atom. The van der Waals surface area contributed by atoms with Gasteiger partial charge in [0.2, 0.25) is 0 Å². The van der Waals surface area contributed by atoms with Crippen molar-refractivity contribution in [2.24, 2.45) is 0 Å². The van der Waals surface area contributed by atoms with Crippen LogP contribution in [0.3, 0.4) is 0 Å². The number of hydrogen-bond donors (Lipinski definition) is 2. The van der Waals surface area contributed by atoms with Crippen LogP contribution in [0.25, 0.3) is 0 Å². The molecule has 2 rings (SSSR count). The van der Waals surface area contributed by atoms with Gasteiger partial charge >= 0.3 is 5.97 Å². The number of nitrogens with one attached hydrogen (secondary N) is 1. The van der Waals surface area contributed by atoms with Gasteiger partial charge in [0, 0.05) is 5.69 Å². The number of aromatic carboxylic acids is 1. The number of nitrogens with zero attached hydrogens (tertiary/aromatic N) is 1. The minimum atomic E-state index is -1.10. The maximum Gasteiger partial charge on any atom is 0.335 e. The normalized spacial score (nSPS) is 10.7. The molecule has 0 bridgehead atoms. The fourth-order valence-corrected chi connectivity index (χ4v) is 2.28. The predicted molar refractivity (Wildman–Crippen MR) is 79.9 cm³/mol. The third-order valence-corrected chi connectivity index (χ3v) is 3.54. The molecule has 1 heterocycles. The first kappa shape index (κ1) is 16.0. The first-order chi connectivity index (χ1) is 10.5. The largest absolute Gasteiger partial charge is 0.490 e. The molecule has 5 nitrogen and oxygen atoms in total. The Morgan fingerprint density at radius 2 is 2.14 bits per heavy atom. The van der Waals surface area contributed by atoms with Crippen LogP contribution in [0.1, 0.15) is 40.2 Å². The molecule has 22 heavy (non-hydrogen) atoms. The number of hydrogen-bond acceptors (Lipinski definition) is 3. The Balaban J connectivity index is 1.82. The number of aromatic amines is 1. The van der Waals surface area contributed by atoms with E-state index in [9.17, 15) is 9.18 Å². The number of aromatic nitrogens is 2. The molecule has 0 saturated carbocycles. The summed E-state index contributed by atoms with van der Waals surface area (Å²) in [5, 5.41) is 16.0. The van der Waals surface area contributed by atoms with Gasteiger partial charge in [0.15, 0.2) is 11.6 Å². The Bertz CT molecular complexity index is 648. The second-order valence-electron chi connectivity index (χ2n) is 5.17. The van der Waals surface area contributed by atoms with E-state index in [1.807, 2.05) is 13.8 Å². The van der Waals surface area contributed by atoms with Gasteiger partial charge in [-0.25, -0.2) is 9.18 Å². The molecule has 0 spiro atoms. The third kappa shape index (κ3) is 3.84. The summed E-state index contributed by atoms with van der Waals surface area (Å²) < 4.78 is 18.9. The lowest BCUT2D eigenvalue weighted by Crippen LogP contribution is -2.03. The quantitative estimate of drug-likeness (QED) is 0.770. The molecule has 2 aromatic rings. The van der Waals surface area contributed by atoms with Gasteiger partial charge in [-0.1, -0.05) is 0 Å². The predicted octanol–water partition coefficient (Wildman–Crippen LogP) is 3.27. The molecule has 0 atom stereocenters. The molecule has 118 valence electrons. The summed E-state index contributed by atoms with van der Waals surface area (Å²) >= 11 is 0. The summed E-state index contributed by atoms with van der Waals surface area (Å²) in [4.78, 5) is 10.8. The van der Waals surface area contributed by atoms with E-state index < -0.39 is 11.8 Å². The van der Waals surface area contributed by atoms with Crippen LogP contribution in [-0.2, 0) is 6.42 Å². The van der Waals surface area contributed by atoms with Gasteiger partial charge in [-0.3, -0.25) is 5.10 Å². The number of H-pyrrole nitrogens is 1. The molecule has 0 amide bonds. The molecule has 1 aromatic heterocycles. The highest BCUT2D eigenvalue weighted by Crippen LogP contribution is 2.19. The van der Waals surface area contributed by atoms with Crippen LogP contribution in [0.4, 0.5) is 4.39 Å². The Kier molecular flexibility index (Phi) is 5.14. The lowest BCUT2D eigenvalue weighted by molar-refractivity contribution is 0.0696. The highest BCUT2D eigenvalue weighted by atomic mass is 19.1. The number of carboxylic acid groups (broad SMARTS) is 1. The summed E-state index contributed by atoms with van der Waals surface area (Å²) in [5.41, 5.74) is 3.29. The fraction of sp³-hybridized carbons (Fsp3) is 0.375. The summed E-state index contributed by atoms with van der Waals surface area (Å²) in [7, 11) is 0. The molecule has 0 aliphatic rings. The molecule has 0 unspecified atom stereocenters. The molecular formula is C16H19FN2O3. The van der Waals surface area contributed by atoms with Crippen LogP contribution in [0.5, 0.6) is 5.75 Å². The standard InChI is InChI=1S/C16H19FN2O3/c1-10-13(11(2)19-18-10)5-3-4-8-22-15-9-12(16(20)21)6-7-14(15)17/h6-7,9H,3-5,8H2,1-2H3,(H,18,19)(H,20,21). The highest BCUT2D eigenvalue weighted by molar-refractivity contribution is 5.88. The summed E-state index contributed by atoms with van der Waals surface area (Å²) in [5.74, 6) is -1.67. The molecule has 0 aliphatic carbocycles. The number of ether oxygens (including phenoxy) is 1. The molecule has 1 aromatic carbocycles. The van der Waals surface area contributed by atoms with Crippen LogP contribution in [-0.4, -0.2) is 27.9 Å². The lowest BCUT2D eigenvalue weighted by atomic mass is 10.1. The van der Waals surface area contributed by atoms with Gasteiger partial charge in [-0.2, -0.15) is 5.10 Å². The summed E-state index contributed by atoms with van der Waals surface area (Å²) in [6.07, 6.45) is 2.53. The van der Waals surface area contributed by atoms with Crippen LogP contribution >= 0.6 is 0 Å². The number of aryl methyl sites for hydroxylation is 2. The van der Waals surface area contributed by atoms with E-state index in [1.54, 1.807) is 0 Å². The Morgan fingerprint density at radius 3 is 2.77 bits per heavy atom. The van der Waals surface area contributed by atoms with Gasteiger partial charge in [-0.15, -0.1) is 0 Å². The number of carbonyl (C=O) groups is 1. The molecule has 0 aliphatic heterocycles. The second-order valence-corrected chi connectivity index (χ2v) is 5.17. The zero-order valence-corrected chi connectivity index (χ0v) is 12.6. The van der Waals surface area contributed by atoms with Gasteiger partial charge in [0.1, 0.15) is 0 Å². The van der Waals surface area contributed by atoms with Crippen molar-refractivity contribution in [3.63, 3.8) is 0 Å². The maximum atomic E-state index is 13.5. The van der Waals surface area contributed by atoms with Gasteiger partial charge in [0.25, 0.3) is 0 Å². The highest BCUT2D eigenvalue weighted by Gasteiger charge is 2.10. The van der Waals surface area contributed by atoms with E-state index in [0.717, 1.165) is 36.7 Å². The zero-order valence-electron chi connectivity index (χ0n) is 12.6. The average molecular weight is 306 g/mol. The monoisotopic (exact) mass is 306 g/mol. The number of benzene rings is 1. The molecule has 0 fully saturated rings.